The molecule has 1 aromatic rings. The van der Waals surface area contributed by atoms with E-state index in [0.29, 0.717) is 0 Å². The number of rotatable bonds is 3. The summed E-state index contributed by atoms with van der Waals surface area (Å²) in [4.78, 5) is 12.2. The highest BCUT2D eigenvalue weighted by Crippen LogP contribution is 2.25. The highest BCUT2D eigenvalue weighted by atomic mass is 32.2. The lowest BCUT2D eigenvalue weighted by molar-refractivity contribution is -0.120. The molecule has 3 N–H and O–H groups in total. The highest BCUT2D eigenvalue weighted by molar-refractivity contribution is 7.89. The molecule has 1 aliphatic rings. The molecule has 8 heteroatoms. The maximum atomic E-state index is 12.3. The number of sulfonamides is 1. The van der Waals surface area contributed by atoms with Gasteiger partial charge in [0.25, 0.3) is 0 Å². The van der Waals surface area contributed by atoms with Crippen LogP contribution in [-0.4, -0.2) is 24.1 Å². The van der Waals surface area contributed by atoms with Crippen molar-refractivity contribution in [1.82, 2.24) is 9.78 Å². The first-order valence-electron chi connectivity index (χ1n) is 7.25. The Balaban J connectivity index is 2.12. The second-order valence-corrected chi connectivity index (χ2v) is 7.12. The van der Waals surface area contributed by atoms with Crippen molar-refractivity contribution in [2.75, 3.05) is 5.32 Å². The van der Waals surface area contributed by atoms with Gasteiger partial charge in [-0.3, -0.25) is 9.48 Å². The number of carbonyl (C=O) groups excluding carboxylic acids is 1. The molecule has 0 spiro atoms. The van der Waals surface area contributed by atoms with Crippen molar-refractivity contribution < 1.29 is 13.2 Å². The maximum Gasteiger partial charge on any atom is 0.243 e. The van der Waals surface area contributed by atoms with Gasteiger partial charge in [0.2, 0.25) is 15.9 Å². The summed E-state index contributed by atoms with van der Waals surface area (Å²) >= 11 is 0. The number of nitrogens with two attached hydrogens (primary N) is 1. The van der Waals surface area contributed by atoms with Crippen molar-refractivity contribution in [3.8, 4) is 0 Å². The molecule has 118 valence electrons. The third-order valence-corrected chi connectivity index (χ3v) is 4.73. The molecule has 1 saturated carbocycles. The van der Waals surface area contributed by atoms with E-state index in [1.165, 1.54) is 17.3 Å². The van der Waals surface area contributed by atoms with Crippen LogP contribution in [0.2, 0.25) is 0 Å². The fraction of sp³-hybridized carbons (Fsp3) is 0.692. The van der Waals surface area contributed by atoms with Crippen LogP contribution in [-0.2, 0) is 21.9 Å². The first-order chi connectivity index (χ1) is 9.88. The number of nitrogens with zero attached hydrogens (tertiary/aromatic N) is 2. The third-order valence-electron chi connectivity index (χ3n) is 3.82. The van der Waals surface area contributed by atoms with Gasteiger partial charge in [-0.2, -0.15) is 5.10 Å². The van der Waals surface area contributed by atoms with Gasteiger partial charge in [-0.1, -0.05) is 32.1 Å². The van der Waals surface area contributed by atoms with Crippen molar-refractivity contribution in [3.05, 3.63) is 6.20 Å². The minimum atomic E-state index is -3.90. The summed E-state index contributed by atoms with van der Waals surface area (Å²) in [5, 5.41) is 11.7. The van der Waals surface area contributed by atoms with Gasteiger partial charge in [-0.25, -0.2) is 13.6 Å². The number of hydrogen-bond donors (Lipinski definition) is 2. The Morgan fingerprint density at radius 2 is 1.86 bits per heavy atom. The Hall–Kier alpha value is -1.41. The van der Waals surface area contributed by atoms with Crippen LogP contribution >= 0.6 is 0 Å². The van der Waals surface area contributed by atoms with Crippen LogP contribution in [0, 0.1) is 5.92 Å². The van der Waals surface area contributed by atoms with Gasteiger partial charge < -0.3 is 5.32 Å². The fourth-order valence-corrected chi connectivity index (χ4v) is 3.36. The molecule has 0 atom stereocenters. The number of primary sulfonamides is 1. The molecule has 1 amide bonds. The SMILES string of the molecule is Cn1cc(S(N)(=O)=O)c(NC(=O)C2CCCCCCC2)n1. The van der Waals surface area contributed by atoms with Crippen LogP contribution < -0.4 is 10.5 Å². The van der Waals surface area contributed by atoms with Gasteiger partial charge in [-0.05, 0) is 12.8 Å². The number of aryl methyl sites for hydroxylation is 1. The van der Waals surface area contributed by atoms with E-state index in [1.54, 1.807) is 7.05 Å². The highest BCUT2D eigenvalue weighted by Gasteiger charge is 2.24. The average Bonchev–Trinajstić information content (AvgIpc) is 2.69. The Morgan fingerprint density at radius 1 is 1.29 bits per heavy atom. The van der Waals surface area contributed by atoms with Gasteiger partial charge in [0.05, 0.1) is 0 Å². The van der Waals surface area contributed by atoms with Crippen molar-refractivity contribution in [2.24, 2.45) is 18.1 Å². The maximum absolute atomic E-state index is 12.3. The molecule has 0 bridgehead atoms. The van der Waals surface area contributed by atoms with Crippen LogP contribution in [0.4, 0.5) is 5.82 Å². The Kier molecular flexibility index (Phi) is 5.00. The summed E-state index contributed by atoms with van der Waals surface area (Å²) in [5.74, 6) is -0.229. The second kappa shape index (κ2) is 6.57. The van der Waals surface area contributed by atoms with Gasteiger partial charge in [0.15, 0.2) is 5.82 Å². The van der Waals surface area contributed by atoms with E-state index < -0.39 is 10.0 Å². The molecule has 1 fully saturated rings. The largest absolute Gasteiger partial charge is 0.308 e. The number of hydrogen-bond acceptors (Lipinski definition) is 4. The summed E-state index contributed by atoms with van der Waals surface area (Å²) in [6.07, 6.45) is 8.55. The van der Waals surface area contributed by atoms with E-state index in [1.807, 2.05) is 0 Å². The molecule has 1 aromatic heterocycles. The first kappa shape index (κ1) is 16.0. The van der Waals surface area contributed by atoms with Crippen molar-refractivity contribution >= 4 is 21.7 Å². The van der Waals surface area contributed by atoms with Gasteiger partial charge in [0, 0.05) is 19.2 Å². The Bertz CT molecular complexity index is 601. The normalized spacial score (nSPS) is 18.0. The summed E-state index contributed by atoms with van der Waals surface area (Å²) in [7, 11) is -2.32. The van der Waals surface area contributed by atoms with Gasteiger partial charge in [-0.15, -0.1) is 0 Å². The van der Waals surface area contributed by atoms with Crippen molar-refractivity contribution in [1.29, 1.82) is 0 Å². The van der Waals surface area contributed by atoms with Gasteiger partial charge in [0.1, 0.15) is 4.90 Å². The summed E-state index contributed by atoms with van der Waals surface area (Å²) in [6, 6.07) is 0. The monoisotopic (exact) mass is 314 g/mol. The third kappa shape index (κ3) is 4.28. The Morgan fingerprint density at radius 3 is 2.43 bits per heavy atom. The molecule has 1 heterocycles. The summed E-state index contributed by atoms with van der Waals surface area (Å²) in [6.45, 7) is 0. The smallest absolute Gasteiger partial charge is 0.243 e. The van der Waals surface area contributed by atoms with E-state index >= 15 is 0 Å². The molecule has 0 radical (unpaired) electrons. The first-order valence-corrected chi connectivity index (χ1v) is 8.80. The quantitative estimate of drug-likeness (QED) is 0.878. The molecule has 7 nitrogen and oxygen atoms in total. The minimum Gasteiger partial charge on any atom is -0.308 e. The zero-order valence-electron chi connectivity index (χ0n) is 12.2. The zero-order chi connectivity index (χ0) is 15.5. The lowest BCUT2D eigenvalue weighted by Crippen LogP contribution is -2.25. The predicted octanol–water partition coefficient (Wildman–Crippen LogP) is 1.37. The summed E-state index contributed by atoms with van der Waals surface area (Å²) < 4.78 is 24.3. The van der Waals surface area contributed by atoms with Crippen LogP contribution in [0.25, 0.3) is 0 Å². The zero-order valence-corrected chi connectivity index (χ0v) is 13.0. The topological polar surface area (TPSA) is 107 Å². The molecule has 0 saturated heterocycles. The van der Waals surface area contributed by atoms with Crippen LogP contribution in [0.5, 0.6) is 0 Å². The van der Waals surface area contributed by atoms with E-state index in [-0.39, 0.29) is 22.5 Å². The van der Waals surface area contributed by atoms with E-state index in [4.69, 9.17) is 5.14 Å². The Labute approximate surface area is 124 Å². The molecule has 1 aliphatic carbocycles. The van der Waals surface area contributed by atoms with Crippen LogP contribution in [0.3, 0.4) is 0 Å². The molecular weight excluding hydrogens is 292 g/mol. The average molecular weight is 314 g/mol. The molecule has 0 aliphatic heterocycles. The molecule has 2 rings (SSSR count). The standard InChI is InChI=1S/C13H22N4O3S/c1-17-9-11(21(14,19)20)12(16-17)15-13(18)10-7-5-3-2-4-6-8-10/h9-10H,2-8H2,1H3,(H2,14,19,20)(H,15,16,18). The number of amides is 1. The lowest BCUT2D eigenvalue weighted by atomic mass is 9.90. The number of aromatic nitrogens is 2. The van der Waals surface area contributed by atoms with Crippen molar-refractivity contribution in [2.45, 2.75) is 49.8 Å². The minimum absolute atomic E-state index is 0.0204. The van der Waals surface area contributed by atoms with E-state index in [0.717, 1.165) is 38.5 Å². The predicted molar refractivity (Wildman–Crippen MR) is 79.0 cm³/mol. The van der Waals surface area contributed by atoms with E-state index in [2.05, 4.69) is 10.4 Å². The number of anilines is 1. The molecule has 0 aromatic carbocycles. The van der Waals surface area contributed by atoms with Crippen LogP contribution in [0.15, 0.2) is 11.1 Å². The number of carbonyl (C=O) groups is 1. The second-order valence-electron chi connectivity index (χ2n) is 5.59. The lowest BCUT2D eigenvalue weighted by Gasteiger charge is -2.18. The molecule has 0 unspecified atom stereocenters. The van der Waals surface area contributed by atoms with Gasteiger partial charge >= 0.3 is 0 Å². The molecule has 21 heavy (non-hydrogen) atoms. The fourth-order valence-electron chi connectivity index (χ4n) is 2.70. The van der Waals surface area contributed by atoms with E-state index in [9.17, 15) is 13.2 Å². The van der Waals surface area contributed by atoms with Crippen LogP contribution in [0.1, 0.15) is 44.9 Å². The molecular formula is C13H22N4O3S. The van der Waals surface area contributed by atoms with Crippen molar-refractivity contribution in [3.63, 3.8) is 0 Å². The number of nitrogens with one attached hydrogen (secondary N) is 1. The summed E-state index contributed by atoms with van der Waals surface area (Å²) in [5.41, 5.74) is 0.